The van der Waals surface area contributed by atoms with E-state index in [1.54, 1.807) is 0 Å². The Morgan fingerprint density at radius 2 is 1.74 bits per heavy atom. The molecule has 6 heteroatoms. The quantitative estimate of drug-likeness (QED) is 0.590. The second kappa shape index (κ2) is 10.8. The third kappa shape index (κ3) is 6.50. The molecular formula is C28H38N2O4. The Morgan fingerprint density at radius 1 is 1.06 bits per heavy atom. The van der Waals surface area contributed by atoms with Crippen LogP contribution in [0.4, 0.5) is 0 Å². The van der Waals surface area contributed by atoms with E-state index in [0.29, 0.717) is 37.2 Å². The number of hydrogen-bond acceptors (Lipinski definition) is 5. The largest absolute Gasteiger partial charge is 0.482 e. The maximum Gasteiger partial charge on any atom is 0.227 e. The number of benzene rings is 1. The van der Waals surface area contributed by atoms with Gasteiger partial charge < -0.3 is 14.1 Å². The first-order valence-electron chi connectivity index (χ1n) is 12.6. The Labute approximate surface area is 202 Å². The summed E-state index contributed by atoms with van der Waals surface area (Å²) in [5.41, 5.74) is 2.21. The highest BCUT2D eigenvalue weighted by Gasteiger charge is 2.25. The van der Waals surface area contributed by atoms with Crippen molar-refractivity contribution < 1.29 is 13.9 Å². The molecule has 1 saturated heterocycles. The summed E-state index contributed by atoms with van der Waals surface area (Å²) in [7, 11) is 0. The van der Waals surface area contributed by atoms with Gasteiger partial charge in [-0.05, 0) is 35.3 Å². The summed E-state index contributed by atoms with van der Waals surface area (Å²) in [4.78, 5) is 29.3. The van der Waals surface area contributed by atoms with Crippen LogP contribution in [0.2, 0.25) is 0 Å². The molecule has 2 fully saturated rings. The third-order valence-corrected chi connectivity index (χ3v) is 7.11. The molecule has 1 saturated carbocycles. The number of carbonyl (C=O) groups is 1. The molecule has 1 aromatic heterocycles. The van der Waals surface area contributed by atoms with Crippen molar-refractivity contribution in [1.29, 1.82) is 0 Å². The van der Waals surface area contributed by atoms with E-state index in [2.05, 4.69) is 37.8 Å². The summed E-state index contributed by atoms with van der Waals surface area (Å²) in [6.45, 7) is 10.5. The van der Waals surface area contributed by atoms with E-state index in [0.717, 1.165) is 31.7 Å². The van der Waals surface area contributed by atoms with Crippen LogP contribution < -0.4 is 10.2 Å². The molecule has 0 atom stereocenters. The van der Waals surface area contributed by atoms with Crippen LogP contribution in [-0.4, -0.2) is 41.9 Å². The second-order valence-electron chi connectivity index (χ2n) is 10.8. The summed E-state index contributed by atoms with van der Waals surface area (Å²) >= 11 is 0. The van der Waals surface area contributed by atoms with Gasteiger partial charge >= 0.3 is 0 Å². The van der Waals surface area contributed by atoms with Crippen molar-refractivity contribution in [1.82, 2.24) is 9.80 Å². The molecule has 1 amide bonds. The minimum Gasteiger partial charge on any atom is -0.482 e. The fourth-order valence-electron chi connectivity index (χ4n) is 4.86. The van der Waals surface area contributed by atoms with Crippen LogP contribution in [0.5, 0.6) is 5.75 Å². The Morgan fingerprint density at radius 3 is 2.35 bits per heavy atom. The number of hydrogen-bond donors (Lipinski definition) is 0. The van der Waals surface area contributed by atoms with E-state index in [4.69, 9.17) is 9.15 Å². The predicted molar refractivity (Wildman–Crippen MR) is 133 cm³/mol. The minimum atomic E-state index is -0.169. The average molecular weight is 467 g/mol. The normalized spacial score (nSPS) is 17.8. The number of ether oxygens (including phenoxy) is 1. The summed E-state index contributed by atoms with van der Waals surface area (Å²) in [6, 6.07) is 9.80. The Hall–Kier alpha value is -2.60. The maximum absolute atomic E-state index is 12.6. The summed E-state index contributed by atoms with van der Waals surface area (Å²) < 4.78 is 11.4. The highest BCUT2D eigenvalue weighted by atomic mass is 16.5. The Kier molecular flexibility index (Phi) is 7.77. The zero-order chi connectivity index (χ0) is 24.1. The molecule has 0 unspecified atom stereocenters. The molecule has 0 radical (unpaired) electrons. The van der Waals surface area contributed by atoms with Crippen molar-refractivity contribution in [3.8, 4) is 5.75 Å². The molecule has 2 aromatic rings. The van der Waals surface area contributed by atoms with Crippen molar-refractivity contribution in [2.24, 2.45) is 5.92 Å². The summed E-state index contributed by atoms with van der Waals surface area (Å²) in [6.07, 6.45) is 7.07. The van der Waals surface area contributed by atoms with Crippen molar-refractivity contribution >= 4 is 5.91 Å². The fraction of sp³-hybridized carbons (Fsp3) is 0.571. The Bertz CT molecular complexity index is 1010. The molecular weight excluding hydrogens is 428 g/mol. The standard InChI is InChI=1S/C28H38N2O4/c1-28(2,3)23-10-8-22(9-11-23)19-34-26-20-33-24(17-25(26)31)18-29-12-14-30(15-13-29)27(32)16-21-6-4-5-7-21/h8-11,17,20-21H,4-7,12-16,18-19H2,1-3H3. The minimum absolute atomic E-state index is 0.105. The third-order valence-electron chi connectivity index (χ3n) is 7.11. The van der Waals surface area contributed by atoms with Gasteiger partial charge in [-0.3, -0.25) is 14.5 Å². The lowest BCUT2D eigenvalue weighted by Gasteiger charge is -2.34. The smallest absolute Gasteiger partial charge is 0.227 e. The molecule has 4 rings (SSSR count). The number of nitrogens with zero attached hydrogens (tertiary/aromatic N) is 2. The number of carbonyl (C=O) groups excluding carboxylic acids is 1. The molecule has 0 N–H and O–H groups in total. The van der Waals surface area contributed by atoms with Crippen molar-refractivity contribution in [3.63, 3.8) is 0 Å². The van der Waals surface area contributed by atoms with Gasteiger partial charge in [-0.15, -0.1) is 0 Å². The molecule has 34 heavy (non-hydrogen) atoms. The molecule has 2 heterocycles. The van der Waals surface area contributed by atoms with Crippen molar-refractivity contribution in [2.45, 2.75) is 71.4 Å². The van der Waals surface area contributed by atoms with Crippen LogP contribution in [0, 0.1) is 5.92 Å². The molecule has 0 bridgehead atoms. The first-order chi connectivity index (χ1) is 16.3. The first-order valence-corrected chi connectivity index (χ1v) is 12.6. The van der Waals surface area contributed by atoms with Gasteiger partial charge in [-0.2, -0.15) is 0 Å². The lowest BCUT2D eigenvalue weighted by molar-refractivity contribution is -0.134. The summed E-state index contributed by atoms with van der Waals surface area (Å²) in [5.74, 6) is 1.74. The van der Waals surface area contributed by atoms with E-state index in [1.165, 1.54) is 43.6 Å². The van der Waals surface area contributed by atoms with E-state index in [1.807, 2.05) is 17.0 Å². The van der Waals surface area contributed by atoms with Gasteiger partial charge in [0.15, 0.2) is 0 Å². The highest BCUT2D eigenvalue weighted by molar-refractivity contribution is 5.76. The van der Waals surface area contributed by atoms with E-state index < -0.39 is 0 Å². The lowest BCUT2D eigenvalue weighted by atomic mass is 9.87. The van der Waals surface area contributed by atoms with Crippen LogP contribution >= 0.6 is 0 Å². The van der Waals surface area contributed by atoms with E-state index in [-0.39, 0.29) is 16.6 Å². The first kappa shape index (κ1) is 24.5. The molecule has 0 spiro atoms. The fourth-order valence-corrected chi connectivity index (χ4v) is 4.86. The zero-order valence-corrected chi connectivity index (χ0v) is 20.8. The Balaban J connectivity index is 1.24. The topological polar surface area (TPSA) is 63.0 Å². The molecule has 6 nitrogen and oxygen atoms in total. The van der Waals surface area contributed by atoms with Crippen LogP contribution in [0.3, 0.4) is 0 Å². The molecule has 2 aliphatic rings. The second-order valence-corrected chi connectivity index (χ2v) is 10.8. The van der Waals surface area contributed by atoms with Crippen LogP contribution in [0.1, 0.15) is 69.8 Å². The SMILES string of the molecule is CC(C)(C)c1ccc(COc2coc(CN3CCN(C(=O)CC4CCCC4)CC3)cc2=O)cc1. The van der Waals surface area contributed by atoms with Gasteiger partial charge in [-0.25, -0.2) is 0 Å². The number of amides is 1. The number of rotatable bonds is 7. The molecule has 1 aliphatic carbocycles. The summed E-state index contributed by atoms with van der Waals surface area (Å²) in [5, 5.41) is 0. The van der Waals surface area contributed by atoms with Crippen LogP contribution in [0.25, 0.3) is 0 Å². The van der Waals surface area contributed by atoms with Gasteiger partial charge in [0, 0.05) is 38.7 Å². The van der Waals surface area contributed by atoms with Gasteiger partial charge in [-0.1, -0.05) is 57.9 Å². The zero-order valence-electron chi connectivity index (χ0n) is 20.8. The van der Waals surface area contributed by atoms with Gasteiger partial charge in [0.2, 0.25) is 17.1 Å². The van der Waals surface area contributed by atoms with Crippen LogP contribution in [0.15, 0.2) is 45.8 Å². The monoisotopic (exact) mass is 466 g/mol. The van der Waals surface area contributed by atoms with Crippen LogP contribution in [-0.2, 0) is 23.4 Å². The van der Waals surface area contributed by atoms with Gasteiger partial charge in [0.1, 0.15) is 18.6 Å². The highest BCUT2D eigenvalue weighted by Crippen LogP contribution is 2.28. The van der Waals surface area contributed by atoms with E-state index >= 15 is 0 Å². The predicted octanol–water partition coefficient (Wildman–Crippen LogP) is 4.74. The molecule has 1 aromatic carbocycles. The number of piperazine rings is 1. The average Bonchev–Trinajstić information content (AvgIpc) is 3.32. The maximum atomic E-state index is 12.6. The van der Waals surface area contributed by atoms with Gasteiger partial charge in [0.05, 0.1) is 6.54 Å². The molecule has 1 aliphatic heterocycles. The lowest BCUT2D eigenvalue weighted by Crippen LogP contribution is -2.48. The van der Waals surface area contributed by atoms with Gasteiger partial charge in [0.25, 0.3) is 0 Å². The van der Waals surface area contributed by atoms with Crippen molar-refractivity contribution in [3.05, 3.63) is 63.7 Å². The molecule has 184 valence electrons. The van der Waals surface area contributed by atoms with E-state index in [9.17, 15) is 9.59 Å². The van der Waals surface area contributed by atoms with Crippen molar-refractivity contribution in [2.75, 3.05) is 26.2 Å².